The summed E-state index contributed by atoms with van der Waals surface area (Å²) >= 11 is 7.63. The molecule has 3 rings (SSSR count). The van der Waals surface area contributed by atoms with Gasteiger partial charge in [-0.05, 0) is 17.5 Å². The minimum atomic E-state index is 0.479. The van der Waals surface area contributed by atoms with Crippen molar-refractivity contribution < 1.29 is 0 Å². The number of fused-ring (bicyclic) bond motifs is 1. The molecule has 0 bridgehead atoms. The lowest BCUT2D eigenvalue weighted by Gasteiger charge is -1.97. The lowest BCUT2D eigenvalue weighted by molar-refractivity contribution is 0.769. The fourth-order valence-corrected chi connectivity index (χ4v) is 2.52. The van der Waals surface area contributed by atoms with Crippen LogP contribution in [0.3, 0.4) is 0 Å². The Balaban J connectivity index is 2.24. The number of aryl methyl sites for hydroxylation is 1. The van der Waals surface area contributed by atoms with Crippen LogP contribution in [0.4, 0.5) is 0 Å². The summed E-state index contributed by atoms with van der Waals surface area (Å²) in [4.78, 5) is 9.56. The van der Waals surface area contributed by atoms with Crippen molar-refractivity contribution in [1.29, 1.82) is 0 Å². The Kier molecular flexibility index (Phi) is 2.15. The van der Waals surface area contributed by atoms with Crippen LogP contribution in [-0.4, -0.2) is 19.7 Å². The van der Waals surface area contributed by atoms with Crippen LogP contribution in [-0.2, 0) is 7.05 Å². The zero-order chi connectivity index (χ0) is 11.1. The standard InChI is InChI=1S/C10H7ClN4S/c1-15-4-2-7(14-15)9-12-8(11)6-3-5-16-10(6)13-9/h2-5H,1H3. The van der Waals surface area contributed by atoms with Gasteiger partial charge in [0.25, 0.3) is 0 Å². The van der Waals surface area contributed by atoms with Gasteiger partial charge in [-0.1, -0.05) is 11.6 Å². The van der Waals surface area contributed by atoms with Gasteiger partial charge >= 0.3 is 0 Å². The van der Waals surface area contributed by atoms with E-state index < -0.39 is 0 Å². The van der Waals surface area contributed by atoms with E-state index in [-0.39, 0.29) is 0 Å². The number of hydrogen-bond acceptors (Lipinski definition) is 4. The monoisotopic (exact) mass is 250 g/mol. The average Bonchev–Trinajstić information content (AvgIpc) is 2.85. The quantitative estimate of drug-likeness (QED) is 0.624. The molecule has 0 radical (unpaired) electrons. The van der Waals surface area contributed by atoms with E-state index >= 15 is 0 Å². The fraction of sp³-hybridized carbons (Fsp3) is 0.100. The normalized spacial score (nSPS) is 11.1. The Morgan fingerprint density at radius 3 is 2.94 bits per heavy atom. The van der Waals surface area contributed by atoms with Crippen LogP contribution in [0.1, 0.15) is 0 Å². The Labute approximate surface area is 101 Å². The molecule has 0 aliphatic heterocycles. The molecule has 6 heteroatoms. The van der Waals surface area contributed by atoms with Gasteiger partial charge in [-0.25, -0.2) is 9.97 Å². The summed E-state index contributed by atoms with van der Waals surface area (Å²) in [5.74, 6) is 0.570. The van der Waals surface area contributed by atoms with Crippen molar-refractivity contribution in [1.82, 2.24) is 19.7 Å². The van der Waals surface area contributed by atoms with Gasteiger partial charge in [0.05, 0.1) is 0 Å². The lowest BCUT2D eigenvalue weighted by Crippen LogP contribution is -1.92. The number of rotatable bonds is 1. The van der Waals surface area contributed by atoms with Crippen molar-refractivity contribution in [3.05, 3.63) is 28.9 Å². The third kappa shape index (κ3) is 1.48. The molecular formula is C10H7ClN4S. The van der Waals surface area contributed by atoms with E-state index in [0.29, 0.717) is 11.0 Å². The summed E-state index contributed by atoms with van der Waals surface area (Å²) < 4.78 is 1.71. The van der Waals surface area contributed by atoms with E-state index in [4.69, 9.17) is 11.6 Å². The maximum absolute atomic E-state index is 6.08. The first-order valence-electron chi connectivity index (χ1n) is 4.65. The smallest absolute Gasteiger partial charge is 0.182 e. The summed E-state index contributed by atoms with van der Waals surface area (Å²) in [6, 6.07) is 3.79. The molecule has 0 fully saturated rings. The van der Waals surface area contributed by atoms with Crippen LogP contribution in [0.15, 0.2) is 23.7 Å². The number of thiophene rings is 1. The molecule has 0 saturated carbocycles. The van der Waals surface area contributed by atoms with E-state index in [0.717, 1.165) is 15.9 Å². The van der Waals surface area contributed by atoms with Crippen LogP contribution < -0.4 is 0 Å². The van der Waals surface area contributed by atoms with E-state index in [2.05, 4.69) is 15.1 Å². The Morgan fingerprint density at radius 2 is 2.19 bits per heavy atom. The second-order valence-corrected chi connectivity index (χ2v) is 4.60. The van der Waals surface area contributed by atoms with Gasteiger partial charge < -0.3 is 0 Å². The van der Waals surface area contributed by atoms with Crippen LogP contribution in [0, 0.1) is 0 Å². The Morgan fingerprint density at radius 1 is 1.31 bits per heavy atom. The van der Waals surface area contributed by atoms with E-state index in [1.807, 2.05) is 30.8 Å². The topological polar surface area (TPSA) is 43.6 Å². The minimum Gasteiger partial charge on any atom is -0.275 e. The van der Waals surface area contributed by atoms with Crippen LogP contribution >= 0.6 is 22.9 Å². The minimum absolute atomic E-state index is 0.479. The van der Waals surface area contributed by atoms with Crippen molar-refractivity contribution in [2.24, 2.45) is 7.05 Å². The van der Waals surface area contributed by atoms with Gasteiger partial charge in [0.2, 0.25) is 0 Å². The molecule has 4 nitrogen and oxygen atoms in total. The first-order valence-corrected chi connectivity index (χ1v) is 5.90. The molecular weight excluding hydrogens is 244 g/mol. The zero-order valence-electron chi connectivity index (χ0n) is 8.38. The van der Waals surface area contributed by atoms with Crippen LogP contribution in [0.5, 0.6) is 0 Å². The number of aromatic nitrogens is 4. The highest BCUT2D eigenvalue weighted by atomic mass is 35.5. The van der Waals surface area contributed by atoms with Crippen molar-refractivity contribution in [3.8, 4) is 11.5 Å². The molecule has 0 unspecified atom stereocenters. The summed E-state index contributed by atoms with van der Waals surface area (Å²) in [5.41, 5.74) is 0.736. The molecule has 0 aliphatic rings. The summed E-state index contributed by atoms with van der Waals surface area (Å²) in [7, 11) is 1.86. The highest BCUT2D eigenvalue weighted by Crippen LogP contribution is 2.27. The Hall–Kier alpha value is -1.46. The van der Waals surface area contributed by atoms with Gasteiger partial charge in [0.15, 0.2) is 5.82 Å². The fourth-order valence-electron chi connectivity index (χ4n) is 1.47. The van der Waals surface area contributed by atoms with Crippen molar-refractivity contribution in [2.75, 3.05) is 0 Å². The molecule has 0 saturated heterocycles. The molecule has 0 atom stereocenters. The summed E-state index contributed by atoms with van der Waals surface area (Å²) in [6.07, 6.45) is 1.85. The molecule has 16 heavy (non-hydrogen) atoms. The molecule has 0 spiro atoms. The molecule has 3 heterocycles. The number of halogens is 1. The summed E-state index contributed by atoms with van der Waals surface area (Å²) in [6.45, 7) is 0. The van der Waals surface area contributed by atoms with Crippen molar-refractivity contribution in [2.45, 2.75) is 0 Å². The molecule has 3 aromatic rings. The van der Waals surface area contributed by atoms with Gasteiger partial charge in [-0.3, -0.25) is 4.68 Å². The Bertz CT molecular complexity index is 658. The zero-order valence-corrected chi connectivity index (χ0v) is 9.96. The molecule has 0 amide bonds. The van der Waals surface area contributed by atoms with E-state index in [9.17, 15) is 0 Å². The first kappa shape index (κ1) is 9.74. The second-order valence-electron chi connectivity index (χ2n) is 3.35. The van der Waals surface area contributed by atoms with Crippen molar-refractivity contribution >= 4 is 33.2 Å². The predicted molar refractivity (Wildman–Crippen MR) is 64.6 cm³/mol. The third-order valence-electron chi connectivity index (χ3n) is 2.22. The third-order valence-corrected chi connectivity index (χ3v) is 3.32. The van der Waals surface area contributed by atoms with Gasteiger partial charge in [0.1, 0.15) is 15.7 Å². The van der Waals surface area contributed by atoms with Crippen LogP contribution in [0.2, 0.25) is 5.15 Å². The average molecular weight is 251 g/mol. The maximum Gasteiger partial charge on any atom is 0.182 e. The van der Waals surface area contributed by atoms with Gasteiger partial charge in [-0.15, -0.1) is 11.3 Å². The summed E-state index contributed by atoms with van der Waals surface area (Å²) in [5, 5.41) is 7.58. The first-order chi connectivity index (χ1) is 7.74. The molecule has 0 aromatic carbocycles. The second kappa shape index (κ2) is 3.54. The largest absolute Gasteiger partial charge is 0.275 e. The highest BCUT2D eigenvalue weighted by Gasteiger charge is 2.10. The predicted octanol–water partition coefficient (Wildman–Crippen LogP) is 2.75. The molecule has 80 valence electrons. The maximum atomic E-state index is 6.08. The van der Waals surface area contributed by atoms with E-state index in [1.165, 1.54) is 0 Å². The SMILES string of the molecule is Cn1ccc(-c2nc(Cl)c3ccsc3n2)n1. The van der Waals surface area contributed by atoms with Crippen LogP contribution in [0.25, 0.3) is 21.7 Å². The molecule has 0 aliphatic carbocycles. The number of hydrogen-bond donors (Lipinski definition) is 0. The lowest BCUT2D eigenvalue weighted by atomic mass is 10.4. The highest BCUT2D eigenvalue weighted by molar-refractivity contribution is 7.16. The van der Waals surface area contributed by atoms with E-state index in [1.54, 1.807) is 16.0 Å². The molecule has 0 N–H and O–H groups in total. The molecule has 3 aromatic heterocycles. The number of nitrogens with zero attached hydrogens (tertiary/aromatic N) is 4. The van der Waals surface area contributed by atoms with Crippen molar-refractivity contribution in [3.63, 3.8) is 0 Å². The van der Waals surface area contributed by atoms with Gasteiger partial charge in [-0.2, -0.15) is 5.10 Å². The van der Waals surface area contributed by atoms with Gasteiger partial charge in [0, 0.05) is 18.6 Å².